The van der Waals surface area contributed by atoms with Gasteiger partial charge in [-0.2, -0.15) is 0 Å². The highest BCUT2D eigenvalue weighted by molar-refractivity contribution is 5.37. The molecule has 1 aliphatic heterocycles. The Morgan fingerprint density at radius 3 is 3.05 bits per heavy atom. The maximum atomic E-state index is 6.04. The summed E-state index contributed by atoms with van der Waals surface area (Å²) in [6.07, 6.45) is 7.49. The zero-order chi connectivity index (χ0) is 14.7. The molecule has 0 aliphatic carbocycles. The van der Waals surface area contributed by atoms with Crippen molar-refractivity contribution < 1.29 is 4.74 Å². The predicted octanol–water partition coefficient (Wildman–Crippen LogP) is 3.33. The number of ether oxygens (including phenoxy) is 1. The van der Waals surface area contributed by atoms with Gasteiger partial charge < -0.3 is 15.0 Å². The normalized spacial score (nSPS) is 18.9. The molecule has 0 amide bonds. The van der Waals surface area contributed by atoms with E-state index in [9.17, 15) is 0 Å². The van der Waals surface area contributed by atoms with E-state index < -0.39 is 0 Å². The van der Waals surface area contributed by atoms with Crippen LogP contribution in [0.2, 0.25) is 0 Å². The molecule has 0 saturated carbocycles. The molecule has 1 aromatic heterocycles. The first-order chi connectivity index (χ1) is 10.3. The molecule has 0 spiro atoms. The van der Waals surface area contributed by atoms with Crippen molar-refractivity contribution >= 4 is 0 Å². The van der Waals surface area contributed by atoms with Crippen molar-refractivity contribution in [2.45, 2.75) is 44.7 Å². The van der Waals surface area contributed by atoms with Crippen LogP contribution in [0.1, 0.15) is 36.8 Å². The minimum absolute atomic E-state index is 0.268. The molecular formula is C18H24N2O. The van der Waals surface area contributed by atoms with Gasteiger partial charge in [0, 0.05) is 30.9 Å². The monoisotopic (exact) mass is 284 g/mol. The highest BCUT2D eigenvalue weighted by atomic mass is 16.5. The van der Waals surface area contributed by atoms with Crippen molar-refractivity contribution in [1.82, 2.24) is 4.57 Å². The highest BCUT2D eigenvalue weighted by Gasteiger charge is 2.21. The van der Waals surface area contributed by atoms with Crippen LogP contribution in [0, 0.1) is 0 Å². The van der Waals surface area contributed by atoms with Crippen LogP contribution < -0.4 is 10.5 Å². The number of nitrogens with two attached hydrogens (primary N) is 1. The summed E-state index contributed by atoms with van der Waals surface area (Å²) < 4.78 is 8.03. The third-order valence-corrected chi connectivity index (χ3v) is 4.35. The molecule has 21 heavy (non-hydrogen) atoms. The van der Waals surface area contributed by atoms with Gasteiger partial charge in [0.15, 0.2) is 0 Å². The van der Waals surface area contributed by atoms with Gasteiger partial charge in [-0.25, -0.2) is 0 Å². The molecular weight excluding hydrogens is 260 g/mol. The van der Waals surface area contributed by atoms with E-state index >= 15 is 0 Å². The number of rotatable bonds is 5. The third kappa shape index (κ3) is 3.30. The Morgan fingerprint density at radius 1 is 1.33 bits per heavy atom. The van der Waals surface area contributed by atoms with Crippen molar-refractivity contribution in [2.75, 3.05) is 6.61 Å². The molecule has 2 atom stereocenters. The lowest BCUT2D eigenvalue weighted by Crippen LogP contribution is -2.21. The molecule has 2 aromatic rings. The van der Waals surface area contributed by atoms with Gasteiger partial charge in [-0.3, -0.25) is 0 Å². The van der Waals surface area contributed by atoms with Gasteiger partial charge in [0.1, 0.15) is 5.75 Å². The third-order valence-electron chi connectivity index (χ3n) is 4.35. The van der Waals surface area contributed by atoms with Crippen LogP contribution in [0.25, 0.3) is 0 Å². The van der Waals surface area contributed by atoms with Crippen LogP contribution in [-0.4, -0.2) is 17.2 Å². The summed E-state index contributed by atoms with van der Waals surface area (Å²) in [5.74, 6) is 1.59. The van der Waals surface area contributed by atoms with Gasteiger partial charge in [-0.05, 0) is 42.5 Å². The van der Waals surface area contributed by atoms with Crippen molar-refractivity contribution in [3.63, 3.8) is 0 Å². The quantitative estimate of drug-likeness (QED) is 0.915. The molecule has 0 saturated heterocycles. The number of nitrogens with zero attached hydrogens (tertiary/aromatic N) is 1. The standard InChI is InChI=1S/C18H24N2O/c1-2-16(19)11-14-7-9-20(12-14)13-15-8-10-21-18-6-4-3-5-17(15)18/h3-7,9,12,15-16H,2,8,10-11,13,19H2,1H3. The smallest absolute Gasteiger partial charge is 0.122 e. The molecule has 2 unspecified atom stereocenters. The van der Waals surface area contributed by atoms with Gasteiger partial charge in [0.05, 0.1) is 6.61 Å². The summed E-state index contributed by atoms with van der Waals surface area (Å²) in [5.41, 5.74) is 8.71. The average Bonchev–Trinajstić information content (AvgIpc) is 2.94. The van der Waals surface area contributed by atoms with Crippen LogP contribution in [0.4, 0.5) is 0 Å². The predicted molar refractivity (Wildman–Crippen MR) is 85.7 cm³/mol. The zero-order valence-corrected chi connectivity index (χ0v) is 12.7. The molecule has 0 radical (unpaired) electrons. The second-order valence-corrected chi connectivity index (χ2v) is 5.96. The van der Waals surface area contributed by atoms with Gasteiger partial charge in [-0.1, -0.05) is 25.1 Å². The molecule has 2 heterocycles. The zero-order valence-electron chi connectivity index (χ0n) is 12.7. The van der Waals surface area contributed by atoms with Gasteiger partial charge in [0.25, 0.3) is 0 Å². The second-order valence-electron chi connectivity index (χ2n) is 5.96. The molecule has 3 heteroatoms. The van der Waals surface area contributed by atoms with Gasteiger partial charge >= 0.3 is 0 Å². The fraction of sp³-hybridized carbons (Fsp3) is 0.444. The lowest BCUT2D eigenvalue weighted by molar-refractivity contribution is 0.259. The van der Waals surface area contributed by atoms with E-state index in [0.717, 1.165) is 38.2 Å². The molecule has 1 aliphatic rings. The summed E-state index contributed by atoms with van der Waals surface area (Å²) in [6.45, 7) is 3.97. The Hall–Kier alpha value is -1.74. The summed E-state index contributed by atoms with van der Waals surface area (Å²) in [7, 11) is 0. The maximum absolute atomic E-state index is 6.04. The Kier molecular flexibility index (Phi) is 4.30. The van der Waals surface area contributed by atoms with Crippen LogP contribution in [0.5, 0.6) is 5.75 Å². The van der Waals surface area contributed by atoms with Crippen LogP contribution in [0.15, 0.2) is 42.7 Å². The van der Waals surface area contributed by atoms with E-state index in [4.69, 9.17) is 10.5 Å². The SMILES string of the molecule is CCC(N)Cc1ccn(CC2CCOc3ccccc32)c1. The lowest BCUT2D eigenvalue weighted by Gasteiger charge is -2.26. The molecule has 1 aromatic carbocycles. The molecule has 0 bridgehead atoms. The van der Waals surface area contributed by atoms with E-state index in [1.54, 1.807) is 0 Å². The molecule has 3 nitrogen and oxygen atoms in total. The number of aromatic nitrogens is 1. The van der Waals surface area contributed by atoms with E-state index in [0.29, 0.717) is 5.92 Å². The minimum Gasteiger partial charge on any atom is -0.493 e. The van der Waals surface area contributed by atoms with E-state index in [1.807, 2.05) is 6.07 Å². The highest BCUT2D eigenvalue weighted by Crippen LogP contribution is 2.34. The first-order valence-electron chi connectivity index (χ1n) is 7.88. The van der Waals surface area contributed by atoms with Crippen molar-refractivity contribution in [3.05, 3.63) is 53.9 Å². The maximum Gasteiger partial charge on any atom is 0.122 e. The van der Waals surface area contributed by atoms with E-state index in [1.165, 1.54) is 11.1 Å². The summed E-state index contributed by atoms with van der Waals surface area (Å²) in [4.78, 5) is 0. The summed E-state index contributed by atoms with van der Waals surface area (Å²) in [5, 5.41) is 0. The summed E-state index contributed by atoms with van der Waals surface area (Å²) in [6, 6.07) is 10.9. The minimum atomic E-state index is 0.268. The number of para-hydroxylation sites is 1. The number of benzene rings is 1. The largest absolute Gasteiger partial charge is 0.493 e. The molecule has 2 N–H and O–H groups in total. The fourth-order valence-electron chi connectivity index (χ4n) is 3.03. The average molecular weight is 284 g/mol. The van der Waals surface area contributed by atoms with Crippen molar-refractivity contribution in [3.8, 4) is 5.75 Å². The Bertz CT molecular complexity index is 590. The number of hydrogen-bond acceptors (Lipinski definition) is 2. The van der Waals surface area contributed by atoms with Crippen LogP contribution >= 0.6 is 0 Å². The Labute approximate surface area is 126 Å². The van der Waals surface area contributed by atoms with E-state index in [2.05, 4.69) is 48.1 Å². The Balaban J connectivity index is 1.70. The lowest BCUT2D eigenvalue weighted by atomic mass is 9.93. The second kappa shape index (κ2) is 6.35. The van der Waals surface area contributed by atoms with Crippen LogP contribution in [0.3, 0.4) is 0 Å². The fourth-order valence-corrected chi connectivity index (χ4v) is 3.03. The molecule has 3 rings (SSSR count). The van der Waals surface area contributed by atoms with Gasteiger partial charge in [-0.15, -0.1) is 0 Å². The van der Waals surface area contributed by atoms with Gasteiger partial charge in [0.2, 0.25) is 0 Å². The van der Waals surface area contributed by atoms with Crippen molar-refractivity contribution in [1.29, 1.82) is 0 Å². The topological polar surface area (TPSA) is 40.2 Å². The number of fused-ring (bicyclic) bond motifs is 1. The van der Waals surface area contributed by atoms with Crippen LogP contribution in [-0.2, 0) is 13.0 Å². The molecule has 112 valence electrons. The number of hydrogen-bond donors (Lipinski definition) is 1. The first kappa shape index (κ1) is 14.2. The summed E-state index contributed by atoms with van der Waals surface area (Å²) >= 11 is 0. The van der Waals surface area contributed by atoms with E-state index in [-0.39, 0.29) is 6.04 Å². The Morgan fingerprint density at radius 2 is 2.19 bits per heavy atom. The first-order valence-corrected chi connectivity index (χ1v) is 7.88. The molecule has 0 fully saturated rings. The van der Waals surface area contributed by atoms with Crippen molar-refractivity contribution in [2.24, 2.45) is 5.73 Å².